The van der Waals surface area contributed by atoms with Gasteiger partial charge in [0.15, 0.2) is 5.54 Å². The molecule has 0 bridgehead atoms. The molecule has 234 valence electrons. The van der Waals surface area contributed by atoms with Crippen molar-refractivity contribution in [3.8, 4) is 0 Å². The summed E-state index contributed by atoms with van der Waals surface area (Å²) in [6.07, 6.45) is 36.2. The summed E-state index contributed by atoms with van der Waals surface area (Å²) >= 11 is 0. The summed E-state index contributed by atoms with van der Waals surface area (Å²) in [5.41, 5.74) is -0.713. The van der Waals surface area contributed by atoms with E-state index in [1.54, 1.807) is 0 Å². The molecule has 0 heterocycles. The molecule has 0 fully saturated rings. The van der Waals surface area contributed by atoms with Crippen LogP contribution in [0.4, 0.5) is 0 Å². The number of carboxylic acid groups (broad SMARTS) is 1. The third kappa shape index (κ3) is 19.2. The molecule has 0 saturated carbocycles. The van der Waals surface area contributed by atoms with E-state index in [2.05, 4.69) is 35.0 Å². The first-order chi connectivity index (χ1) is 18.7. The minimum Gasteiger partial charge on any atom is -0.477 e. The van der Waals surface area contributed by atoms with E-state index in [-0.39, 0.29) is 5.92 Å². The molecule has 1 N–H and O–H groups in total. The Hall–Kier alpha value is -0.570. The van der Waals surface area contributed by atoms with Gasteiger partial charge in [-0.1, -0.05) is 174 Å². The fourth-order valence-electron chi connectivity index (χ4n) is 6.36. The molecule has 0 aliphatic heterocycles. The summed E-state index contributed by atoms with van der Waals surface area (Å²) in [5.74, 6) is -0.362. The Bertz CT molecular complexity index is 541. The minimum atomic E-state index is -0.713. The molecule has 3 heteroatoms. The zero-order valence-electron chi connectivity index (χ0n) is 28.0. The monoisotopic (exact) mass is 553 g/mol. The number of likely N-dealkylation sites (N-methyl/N-ethyl adjacent to an activating group) is 1. The van der Waals surface area contributed by atoms with Crippen molar-refractivity contribution in [3.63, 3.8) is 0 Å². The molecule has 0 radical (unpaired) electrons. The molecule has 0 aromatic rings. The van der Waals surface area contributed by atoms with Crippen LogP contribution in [0, 0.1) is 5.92 Å². The second-order valence-electron chi connectivity index (χ2n) is 13.9. The summed E-state index contributed by atoms with van der Waals surface area (Å²) in [5, 5.41) is 10.3. The Morgan fingerprint density at radius 1 is 0.513 bits per heavy atom. The maximum Gasteiger partial charge on any atom is 0.365 e. The van der Waals surface area contributed by atoms with Crippen molar-refractivity contribution >= 4 is 5.97 Å². The summed E-state index contributed by atoms with van der Waals surface area (Å²) in [6, 6.07) is 0. The van der Waals surface area contributed by atoms with Crippen LogP contribution in [0.1, 0.15) is 194 Å². The molecule has 0 rings (SSSR count). The predicted molar refractivity (Wildman–Crippen MR) is 174 cm³/mol. The summed E-state index contributed by atoms with van der Waals surface area (Å²) < 4.78 is 0.503. The standard InChI is InChI=1S/C36H73NO2/c1-7-9-11-13-15-17-18-19-20-21-22-23-25-27-29-31-33-34(36(3,35(38)39)37(4,5)6)32-30-28-26-24-16-14-12-10-8-2/h34H,7-33H2,1-6H3/p+1. The Kier molecular flexibility index (Phi) is 24.8. The van der Waals surface area contributed by atoms with Crippen LogP contribution in [0.3, 0.4) is 0 Å². The van der Waals surface area contributed by atoms with E-state index in [1.807, 2.05) is 6.92 Å². The van der Waals surface area contributed by atoms with Crippen molar-refractivity contribution < 1.29 is 14.4 Å². The highest BCUT2D eigenvalue weighted by Gasteiger charge is 2.51. The average molecular weight is 553 g/mol. The van der Waals surface area contributed by atoms with Gasteiger partial charge in [0.2, 0.25) is 0 Å². The molecule has 0 aromatic carbocycles. The smallest absolute Gasteiger partial charge is 0.365 e. The van der Waals surface area contributed by atoms with E-state index >= 15 is 0 Å². The first-order valence-electron chi connectivity index (χ1n) is 17.8. The number of quaternary nitrogens is 1. The van der Waals surface area contributed by atoms with Gasteiger partial charge in [0.05, 0.1) is 21.1 Å². The van der Waals surface area contributed by atoms with Crippen molar-refractivity contribution in [3.05, 3.63) is 0 Å². The lowest BCUT2D eigenvalue weighted by Crippen LogP contribution is -2.64. The van der Waals surface area contributed by atoms with E-state index in [0.717, 1.165) is 12.8 Å². The Labute approximate surface area is 246 Å². The third-order valence-electron chi connectivity index (χ3n) is 9.68. The van der Waals surface area contributed by atoms with Crippen molar-refractivity contribution in [2.75, 3.05) is 21.1 Å². The van der Waals surface area contributed by atoms with E-state index in [0.29, 0.717) is 4.48 Å². The van der Waals surface area contributed by atoms with Crippen LogP contribution >= 0.6 is 0 Å². The van der Waals surface area contributed by atoms with Gasteiger partial charge in [0.1, 0.15) is 0 Å². The molecular formula is C36H74NO2+. The second kappa shape index (κ2) is 25.2. The van der Waals surface area contributed by atoms with Crippen LogP contribution in [0.15, 0.2) is 0 Å². The zero-order valence-corrected chi connectivity index (χ0v) is 28.0. The van der Waals surface area contributed by atoms with E-state index < -0.39 is 11.5 Å². The number of nitrogens with zero attached hydrogens (tertiary/aromatic N) is 1. The van der Waals surface area contributed by atoms with Gasteiger partial charge < -0.3 is 9.59 Å². The van der Waals surface area contributed by atoms with Gasteiger partial charge in [0, 0.05) is 12.8 Å². The third-order valence-corrected chi connectivity index (χ3v) is 9.68. The number of rotatable bonds is 30. The van der Waals surface area contributed by atoms with Crippen molar-refractivity contribution in [2.24, 2.45) is 5.92 Å². The molecule has 0 spiro atoms. The van der Waals surface area contributed by atoms with Crippen LogP contribution < -0.4 is 0 Å². The number of hydrogen-bond acceptors (Lipinski definition) is 1. The summed E-state index contributed by atoms with van der Waals surface area (Å²) in [6.45, 7) is 6.58. The molecule has 0 amide bonds. The average Bonchev–Trinajstić information content (AvgIpc) is 2.89. The Morgan fingerprint density at radius 3 is 0.949 bits per heavy atom. The van der Waals surface area contributed by atoms with Crippen LogP contribution in [0.5, 0.6) is 0 Å². The van der Waals surface area contributed by atoms with E-state index in [4.69, 9.17) is 0 Å². The molecule has 2 atom stereocenters. The SMILES string of the molecule is CCCCCCCCCCCCCCCCCCC(CCCCCCCCCCC)C(C)(C(=O)O)[N+](C)(C)C. The lowest BCUT2D eigenvalue weighted by atomic mass is 9.76. The summed E-state index contributed by atoms with van der Waals surface area (Å²) in [7, 11) is 6.22. The van der Waals surface area contributed by atoms with Crippen LogP contribution in [0.2, 0.25) is 0 Å². The molecule has 3 nitrogen and oxygen atoms in total. The Morgan fingerprint density at radius 2 is 0.744 bits per heavy atom. The topological polar surface area (TPSA) is 37.3 Å². The second-order valence-corrected chi connectivity index (χ2v) is 13.9. The maximum absolute atomic E-state index is 12.5. The normalized spacial score (nSPS) is 14.4. The van der Waals surface area contributed by atoms with Crippen molar-refractivity contribution in [1.29, 1.82) is 0 Å². The molecule has 0 aromatic heterocycles. The molecule has 0 saturated heterocycles. The molecular weight excluding hydrogens is 478 g/mol. The van der Waals surface area contributed by atoms with Gasteiger partial charge in [0.25, 0.3) is 0 Å². The molecule has 2 unspecified atom stereocenters. The number of aliphatic carboxylic acids is 1. The van der Waals surface area contributed by atoms with Crippen LogP contribution in [0.25, 0.3) is 0 Å². The lowest BCUT2D eigenvalue weighted by molar-refractivity contribution is -0.916. The molecule has 0 aliphatic carbocycles. The fraction of sp³-hybridized carbons (Fsp3) is 0.972. The van der Waals surface area contributed by atoms with Gasteiger partial charge in [-0.05, 0) is 12.8 Å². The number of carbonyl (C=O) groups is 1. The highest BCUT2D eigenvalue weighted by atomic mass is 16.4. The minimum absolute atomic E-state index is 0.256. The van der Waals surface area contributed by atoms with Crippen molar-refractivity contribution in [2.45, 2.75) is 200 Å². The molecule has 39 heavy (non-hydrogen) atoms. The predicted octanol–water partition coefficient (Wildman–Crippen LogP) is 11.7. The summed E-state index contributed by atoms with van der Waals surface area (Å²) in [4.78, 5) is 12.5. The fourth-order valence-corrected chi connectivity index (χ4v) is 6.36. The highest BCUT2D eigenvalue weighted by Crippen LogP contribution is 2.36. The van der Waals surface area contributed by atoms with Gasteiger partial charge in [-0.15, -0.1) is 0 Å². The quantitative estimate of drug-likeness (QED) is 0.0710. The van der Waals surface area contributed by atoms with Gasteiger partial charge in [-0.3, -0.25) is 0 Å². The maximum atomic E-state index is 12.5. The first kappa shape index (κ1) is 38.4. The van der Waals surface area contributed by atoms with Crippen LogP contribution in [-0.4, -0.2) is 42.2 Å². The number of hydrogen-bond donors (Lipinski definition) is 1. The van der Waals surface area contributed by atoms with Gasteiger partial charge in [-0.2, -0.15) is 0 Å². The van der Waals surface area contributed by atoms with Gasteiger partial charge >= 0.3 is 5.97 Å². The van der Waals surface area contributed by atoms with E-state index in [9.17, 15) is 9.90 Å². The Balaban J connectivity index is 4.15. The lowest BCUT2D eigenvalue weighted by Gasteiger charge is -2.45. The van der Waals surface area contributed by atoms with Crippen molar-refractivity contribution in [1.82, 2.24) is 0 Å². The van der Waals surface area contributed by atoms with E-state index in [1.165, 1.54) is 161 Å². The van der Waals surface area contributed by atoms with Gasteiger partial charge in [-0.25, -0.2) is 4.79 Å². The number of carboxylic acids is 1. The molecule has 0 aliphatic rings. The van der Waals surface area contributed by atoms with Crippen LogP contribution in [-0.2, 0) is 4.79 Å². The first-order valence-corrected chi connectivity index (χ1v) is 17.8. The highest BCUT2D eigenvalue weighted by molar-refractivity contribution is 5.77. The zero-order chi connectivity index (χ0) is 29.2. The number of unbranched alkanes of at least 4 members (excludes halogenated alkanes) is 23. The largest absolute Gasteiger partial charge is 0.477 e.